The number of amides is 2. The van der Waals surface area contributed by atoms with Crippen molar-refractivity contribution >= 4 is 23.5 Å². The number of aliphatic carboxylic acids is 1. The third-order valence-corrected chi connectivity index (χ3v) is 4.31. The van der Waals surface area contributed by atoms with Crippen molar-refractivity contribution < 1.29 is 37.9 Å². The Morgan fingerprint density at radius 2 is 1.42 bits per heavy atom. The Kier molecular flexibility index (Phi) is 15.3. The van der Waals surface area contributed by atoms with E-state index in [9.17, 15) is 22.8 Å². The number of nitrogens with zero attached hydrogens (tertiary/aromatic N) is 1. The van der Waals surface area contributed by atoms with Gasteiger partial charge < -0.3 is 20.6 Å². The van der Waals surface area contributed by atoms with E-state index in [0.717, 1.165) is 25.9 Å². The second-order valence-electron chi connectivity index (χ2n) is 7.34. The molecule has 0 unspecified atom stereocenters. The molecule has 0 spiro atoms. The lowest BCUT2D eigenvalue weighted by atomic mass is 10.2. The molecule has 33 heavy (non-hydrogen) atoms. The predicted molar refractivity (Wildman–Crippen MR) is 117 cm³/mol. The molecule has 0 radical (unpaired) electrons. The number of hydroxylamine groups is 1. The van der Waals surface area contributed by atoms with Gasteiger partial charge in [-0.15, -0.1) is 0 Å². The van der Waals surface area contributed by atoms with Crippen LogP contribution >= 0.6 is 0 Å². The molecular formula is C21H33F3N4O5. The summed E-state index contributed by atoms with van der Waals surface area (Å²) in [5.74, 6) is -3.15. The monoisotopic (exact) mass is 478 g/mol. The number of carbonyl (C=O) groups is 3. The van der Waals surface area contributed by atoms with E-state index >= 15 is 0 Å². The van der Waals surface area contributed by atoms with E-state index in [2.05, 4.69) is 39.8 Å². The van der Waals surface area contributed by atoms with Gasteiger partial charge in [0.25, 0.3) is 0 Å². The van der Waals surface area contributed by atoms with Gasteiger partial charge in [-0.3, -0.25) is 14.8 Å². The molecule has 1 aromatic carbocycles. The summed E-state index contributed by atoms with van der Waals surface area (Å²) in [7, 11) is 4.06. The standard InChI is InChI=1S/C19H32N4O3.C2HF3O2/c1-23(2)17-11-9-16(10-12-17)15-20-13-5-6-14-21-18(24)7-3-4-8-19(25)22-26;3-2(4,5)1(6)7/h9-12,20,26H,3-8,13-15H2,1-2H3,(H,21,24)(H,22,25);(H,6,7). The van der Waals surface area contributed by atoms with Crippen LogP contribution in [0.2, 0.25) is 0 Å². The first-order valence-corrected chi connectivity index (χ1v) is 10.4. The van der Waals surface area contributed by atoms with Gasteiger partial charge in [-0.25, -0.2) is 10.3 Å². The van der Waals surface area contributed by atoms with Crippen molar-refractivity contribution in [2.45, 2.75) is 51.2 Å². The van der Waals surface area contributed by atoms with Gasteiger partial charge in [-0.2, -0.15) is 13.2 Å². The summed E-state index contributed by atoms with van der Waals surface area (Å²) in [5.41, 5.74) is 4.04. The molecule has 188 valence electrons. The van der Waals surface area contributed by atoms with Crippen LogP contribution in [0.4, 0.5) is 18.9 Å². The van der Waals surface area contributed by atoms with Crippen LogP contribution in [0.25, 0.3) is 0 Å². The predicted octanol–water partition coefficient (Wildman–Crippen LogP) is 2.44. The largest absolute Gasteiger partial charge is 0.490 e. The number of carbonyl (C=O) groups excluding carboxylic acids is 2. The van der Waals surface area contributed by atoms with Crippen molar-refractivity contribution in [3.63, 3.8) is 0 Å². The average Bonchev–Trinajstić information content (AvgIpc) is 2.75. The number of carboxylic acids is 1. The second kappa shape index (κ2) is 16.7. The summed E-state index contributed by atoms with van der Waals surface area (Å²) < 4.78 is 31.7. The van der Waals surface area contributed by atoms with Crippen LogP contribution in [-0.4, -0.2) is 61.5 Å². The number of alkyl halides is 3. The minimum Gasteiger partial charge on any atom is -0.475 e. The van der Waals surface area contributed by atoms with Gasteiger partial charge in [0.05, 0.1) is 0 Å². The lowest BCUT2D eigenvalue weighted by molar-refractivity contribution is -0.192. The van der Waals surface area contributed by atoms with E-state index in [0.29, 0.717) is 25.8 Å². The van der Waals surface area contributed by atoms with Crippen molar-refractivity contribution in [3.8, 4) is 0 Å². The molecule has 12 heteroatoms. The zero-order chi connectivity index (χ0) is 25.3. The van der Waals surface area contributed by atoms with Crippen LogP contribution in [0.5, 0.6) is 0 Å². The third-order valence-electron chi connectivity index (χ3n) is 4.31. The minimum atomic E-state index is -5.08. The molecule has 0 heterocycles. The summed E-state index contributed by atoms with van der Waals surface area (Å²) in [6, 6.07) is 8.49. The average molecular weight is 479 g/mol. The van der Waals surface area contributed by atoms with Gasteiger partial charge in [0.1, 0.15) is 0 Å². The highest BCUT2D eigenvalue weighted by molar-refractivity contribution is 5.76. The highest BCUT2D eigenvalue weighted by atomic mass is 19.4. The maximum absolute atomic E-state index is 11.6. The summed E-state index contributed by atoms with van der Waals surface area (Å²) in [4.78, 5) is 33.4. The minimum absolute atomic E-state index is 0.0170. The van der Waals surface area contributed by atoms with E-state index < -0.39 is 18.1 Å². The summed E-state index contributed by atoms with van der Waals surface area (Å²) in [6.07, 6.45) is -1.24. The van der Waals surface area contributed by atoms with Crippen molar-refractivity contribution in [2.24, 2.45) is 0 Å². The SMILES string of the molecule is CN(C)c1ccc(CNCCCCNC(=O)CCCCC(=O)NO)cc1.O=C(O)C(F)(F)F. The molecule has 0 aromatic heterocycles. The molecule has 5 N–H and O–H groups in total. The normalized spacial score (nSPS) is 10.6. The molecule has 0 aliphatic heterocycles. The van der Waals surface area contributed by atoms with E-state index in [4.69, 9.17) is 15.1 Å². The van der Waals surface area contributed by atoms with E-state index in [1.54, 1.807) is 5.48 Å². The Morgan fingerprint density at radius 3 is 1.91 bits per heavy atom. The van der Waals surface area contributed by atoms with Crippen LogP contribution in [0.15, 0.2) is 24.3 Å². The number of hydrogen-bond donors (Lipinski definition) is 5. The lowest BCUT2D eigenvalue weighted by Gasteiger charge is -2.13. The topological polar surface area (TPSA) is 131 Å². The number of benzene rings is 1. The summed E-state index contributed by atoms with van der Waals surface area (Å²) in [6.45, 7) is 2.44. The van der Waals surface area contributed by atoms with E-state index in [1.807, 2.05) is 14.1 Å². The Bertz CT molecular complexity index is 713. The Hall–Kier alpha value is -2.86. The van der Waals surface area contributed by atoms with Gasteiger partial charge in [0, 0.05) is 45.7 Å². The molecule has 0 saturated carbocycles. The molecule has 0 fully saturated rings. The zero-order valence-electron chi connectivity index (χ0n) is 18.9. The van der Waals surface area contributed by atoms with Crippen molar-refractivity contribution in [2.75, 3.05) is 32.1 Å². The third kappa shape index (κ3) is 16.4. The van der Waals surface area contributed by atoms with Gasteiger partial charge in [-0.05, 0) is 49.9 Å². The van der Waals surface area contributed by atoms with Crippen LogP contribution < -0.4 is 21.0 Å². The molecule has 0 saturated heterocycles. The maximum Gasteiger partial charge on any atom is 0.490 e. The Balaban J connectivity index is 0.00000126. The first-order chi connectivity index (χ1) is 15.5. The smallest absolute Gasteiger partial charge is 0.475 e. The number of rotatable bonds is 13. The molecule has 0 aliphatic rings. The van der Waals surface area contributed by atoms with Crippen molar-refractivity contribution in [1.82, 2.24) is 16.1 Å². The van der Waals surface area contributed by atoms with Crippen molar-refractivity contribution in [1.29, 1.82) is 0 Å². The zero-order valence-corrected chi connectivity index (χ0v) is 18.9. The first kappa shape index (κ1) is 30.1. The molecule has 0 atom stereocenters. The molecule has 1 rings (SSSR count). The number of anilines is 1. The number of unbranched alkanes of at least 4 members (excludes halogenated alkanes) is 2. The molecule has 2 amide bonds. The molecule has 1 aromatic rings. The number of carboxylic acid groups (broad SMARTS) is 1. The molecule has 9 nitrogen and oxygen atoms in total. The summed E-state index contributed by atoms with van der Waals surface area (Å²) in [5, 5.41) is 21.8. The maximum atomic E-state index is 11.6. The second-order valence-corrected chi connectivity index (χ2v) is 7.34. The molecule has 0 bridgehead atoms. The van der Waals surface area contributed by atoms with Crippen LogP contribution in [0, 0.1) is 0 Å². The fourth-order valence-corrected chi connectivity index (χ4v) is 2.46. The van der Waals surface area contributed by atoms with Crippen LogP contribution in [0.1, 0.15) is 44.1 Å². The van der Waals surface area contributed by atoms with E-state index in [1.165, 1.54) is 11.3 Å². The Morgan fingerprint density at radius 1 is 0.909 bits per heavy atom. The highest BCUT2D eigenvalue weighted by Gasteiger charge is 2.38. The van der Waals surface area contributed by atoms with Gasteiger partial charge in [0.2, 0.25) is 11.8 Å². The van der Waals surface area contributed by atoms with Gasteiger partial charge >= 0.3 is 12.1 Å². The Labute approximate surface area is 191 Å². The van der Waals surface area contributed by atoms with Gasteiger partial charge in [0.15, 0.2) is 0 Å². The number of nitrogens with one attached hydrogen (secondary N) is 3. The van der Waals surface area contributed by atoms with E-state index in [-0.39, 0.29) is 12.3 Å². The lowest BCUT2D eigenvalue weighted by Crippen LogP contribution is -2.25. The van der Waals surface area contributed by atoms with Crippen LogP contribution in [-0.2, 0) is 20.9 Å². The highest BCUT2D eigenvalue weighted by Crippen LogP contribution is 2.13. The van der Waals surface area contributed by atoms with Crippen LogP contribution in [0.3, 0.4) is 0 Å². The molecule has 0 aliphatic carbocycles. The fraction of sp³-hybridized carbons (Fsp3) is 0.571. The number of halogens is 3. The quantitative estimate of drug-likeness (QED) is 0.167. The summed E-state index contributed by atoms with van der Waals surface area (Å²) >= 11 is 0. The fourth-order valence-electron chi connectivity index (χ4n) is 2.46. The van der Waals surface area contributed by atoms with Crippen molar-refractivity contribution in [3.05, 3.63) is 29.8 Å². The van der Waals surface area contributed by atoms with Gasteiger partial charge in [-0.1, -0.05) is 12.1 Å². The molecular weight excluding hydrogens is 445 g/mol. The number of hydrogen-bond acceptors (Lipinski definition) is 6. The first-order valence-electron chi connectivity index (χ1n) is 10.4.